The molecule has 0 saturated carbocycles. The summed E-state index contributed by atoms with van der Waals surface area (Å²) in [4.78, 5) is 17.4. The third kappa shape index (κ3) is 4.17. The molecule has 11 heteroatoms. The Morgan fingerprint density at radius 2 is 1.75 bits per heavy atom. The van der Waals surface area contributed by atoms with Crippen LogP contribution in [0.4, 0.5) is 5.13 Å². The maximum absolute atomic E-state index is 12.9. The standard InChI is InChI=1S/C21H23N3O5S3/c1-14(2)31(26,27)19-8-4-3-7-16(19)20(25)23-21-22-17-10-9-15(13-18(17)30-21)32(28,29)24-11-5-6-12-24/h3-4,7-10,13-14H,5-6,11-12H2,1-2H3,(H,22,23,25). The van der Waals surface area contributed by atoms with E-state index in [1.54, 1.807) is 38.1 Å². The van der Waals surface area contributed by atoms with Gasteiger partial charge in [-0.3, -0.25) is 10.1 Å². The highest BCUT2D eigenvalue weighted by molar-refractivity contribution is 7.92. The second-order valence-electron chi connectivity index (χ2n) is 7.80. The van der Waals surface area contributed by atoms with Gasteiger partial charge >= 0.3 is 0 Å². The minimum atomic E-state index is -3.65. The zero-order chi connectivity index (χ0) is 23.1. The maximum Gasteiger partial charge on any atom is 0.258 e. The second kappa shape index (κ2) is 8.54. The molecule has 1 aliphatic rings. The number of nitrogens with one attached hydrogen (secondary N) is 1. The molecule has 2 heterocycles. The molecule has 8 nitrogen and oxygen atoms in total. The van der Waals surface area contributed by atoms with Gasteiger partial charge in [-0.25, -0.2) is 21.8 Å². The van der Waals surface area contributed by atoms with Crippen molar-refractivity contribution < 1.29 is 21.6 Å². The van der Waals surface area contributed by atoms with Gasteiger partial charge in [-0.15, -0.1) is 0 Å². The van der Waals surface area contributed by atoms with Crippen molar-refractivity contribution in [3.63, 3.8) is 0 Å². The van der Waals surface area contributed by atoms with Gasteiger partial charge in [-0.1, -0.05) is 23.5 Å². The van der Waals surface area contributed by atoms with E-state index in [0.717, 1.165) is 24.2 Å². The van der Waals surface area contributed by atoms with Crippen molar-refractivity contribution in [1.29, 1.82) is 0 Å². The van der Waals surface area contributed by atoms with Crippen LogP contribution in [0.5, 0.6) is 0 Å². The number of carbonyl (C=O) groups is 1. The average Bonchev–Trinajstić information content (AvgIpc) is 3.43. The molecule has 1 aliphatic heterocycles. The van der Waals surface area contributed by atoms with Crippen LogP contribution >= 0.6 is 11.3 Å². The van der Waals surface area contributed by atoms with Crippen LogP contribution in [-0.2, 0) is 19.9 Å². The molecule has 2 aromatic carbocycles. The van der Waals surface area contributed by atoms with Gasteiger partial charge in [0.2, 0.25) is 10.0 Å². The van der Waals surface area contributed by atoms with E-state index in [-0.39, 0.29) is 20.5 Å². The number of nitrogens with zero attached hydrogens (tertiary/aromatic N) is 2. The van der Waals surface area contributed by atoms with Crippen molar-refractivity contribution >= 4 is 52.5 Å². The number of fused-ring (bicyclic) bond motifs is 1. The number of aromatic nitrogens is 1. The zero-order valence-electron chi connectivity index (χ0n) is 17.6. The predicted octanol–water partition coefficient (Wildman–Crippen LogP) is 3.52. The first-order chi connectivity index (χ1) is 15.1. The molecule has 3 aromatic rings. The normalized spacial score (nSPS) is 15.5. The van der Waals surface area contributed by atoms with Crippen molar-refractivity contribution in [1.82, 2.24) is 9.29 Å². The summed E-state index contributed by atoms with van der Waals surface area (Å²) >= 11 is 1.14. The number of sulfone groups is 1. The molecule has 0 bridgehead atoms. The lowest BCUT2D eigenvalue weighted by Crippen LogP contribution is -2.27. The number of anilines is 1. The van der Waals surface area contributed by atoms with Crippen LogP contribution in [0.2, 0.25) is 0 Å². The Kier molecular flexibility index (Phi) is 6.10. The van der Waals surface area contributed by atoms with Crippen LogP contribution in [0, 0.1) is 0 Å². The fraction of sp³-hybridized carbons (Fsp3) is 0.333. The van der Waals surface area contributed by atoms with E-state index in [0.29, 0.717) is 23.3 Å². The summed E-state index contributed by atoms with van der Waals surface area (Å²) in [5.74, 6) is -0.589. The summed E-state index contributed by atoms with van der Waals surface area (Å²) in [5.41, 5.74) is 0.589. The van der Waals surface area contributed by atoms with Crippen LogP contribution in [0.1, 0.15) is 37.0 Å². The van der Waals surface area contributed by atoms with E-state index in [2.05, 4.69) is 10.3 Å². The molecule has 170 valence electrons. The molecule has 0 aliphatic carbocycles. The molecular formula is C21H23N3O5S3. The van der Waals surface area contributed by atoms with Crippen LogP contribution in [0.15, 0.2) is 52.3 Å². The van der Waals surface area contributed by atoms with E-state index in [4.69, 9.17) is 0 Å². The molecule has 0 spiro atoms. The maximum atomic E-state index is 12.9. The Hall–Kier alpha value is -2.34. The van der Waals surface area contributed by atoms with Gasteiger partial charge in [0, 0.05) is 13.1 Å². The highest BCUT2D eigenvalue weighted by Crippen LogP contribution is 2.31. The summed E-state index contributed by atoms with van der Waals surface area (Å²) in [6.07, 6.45) is 1.71. The first kappa shape index (κ1) is 22.8. The van der Waals surface area contributed by atoms with Gasteiger partial charge < -0.3 is 0 Å². The Labute approximate surface area is 191 Å². The highest BCUT2D eigenvalue weighted by Gasteiger charge is 2.28. The number of rotatable bonds is 6. The lowest BCUT2D eigenvalue weighted by Gasteiger charge is -2.15. The number of benzene rings is 2. The summed E-state index contributed by atoms with van der Waals surface area (Å²) in [6, 6.07) is 10.7. The third-order valence-corrected chi connectivity index (χ3v) is 10.4. The largest absolute Gasteiger partial charge is 0.298 e. The molecule has 0 unspecified atom stereocenters. The van der Waals surface area contributed by atoms with Gasteiger partial charge in [0.1, 0.15) is 0 Å². The third-order valence-electron chi connectivity index (χ3n) is 5.34. The number of amides is 1. The molecule has 32 heavy (non-hydrogen) atoms. The SMILES string of the molecule is CC(C)S(=O)(=O)c1ccccc1C(=O)Nc1nc2ccc(S(=O)(=O)N3CCCC3)cc2s1. The molecule has 1 amide bonds. The highest BCUT2D eigenvalue weighted by atomic mass is 32.2. The van der Waals surface area contributed by atoms with Crippen molar-refractivity contribution in [2.24, 2.45) is 0 Å². The lowest BCUT2D eigenvalue weighted by molar-refractivity contribution is 0.102. The fourth-order valence-electron chi connectivity index (χ4n) is 3.52. The minimum absolute atomic E-state index is 0.0346. The zero-order valence-corrected chi connectivity index (χ0v) is 20.1. The van der Waals surface area contributed by atoms with Gasteiger partial charge in [0.05, 0.1) is 30.8 Å². The van der Waals surface area contributed by atoms with E-state index in [1.807, 2.05) is 0 Å². The Morgan fingerprint density at radius 1 is 1.06 bits per heavy atom. The second-order valence-corrected chi connectivity index (χ2v) is 13.2. The predicted molar refractivity (Wildman–Crippen MR) is 124 cm³/mol. The van der Waals surface area contributed by atoms with E-state index < -0.39 is 31.0 Å². The summed E-state index contributed by atoms with van der Waals surface area (Å²) in [5, 5.41) is 2.25. The molecule has 1 aromatic heterocycles. The summed E-state index contributed by atoms with van der Waals surface area (Å²) in [7, 11) is -7.21. The van der Waals surface area contributed by atoms with Crippen molar-refractivity contribution in [3.05, 3.63) is 48.0 Å². The number of hydrogen-bond donors (Lipinski definition) is 1. The molecule has 1 N–H and O–H groups in total. The smallest absolute Gasteiger partial charge is 0.258 e. The molecule has 1 fully saturated rings. The van der Waals surface area contributed by atoms with Gasteiger partial charge in [0.15, 0.2) is 15.0 Å². The molecule has 1 saturated heterocycles. The number of hydrogen-bond acceptors (Lipinski definition) is 7. The van der Waals surface area contributed by atoms with Gasteiger partial charge in [0.25, 0.3) is 5.91 Å². The summed E-state index contributed by atoms with van der Waals surface area (Å²) < 4.78 is 53.0. The first-order valence-corrected chi connectivity index (χ1v) is 14.0. The quantitative estimate of drug-likeness (QED) is 0.562. The topological polar surface area (TPSA) is 114 Å². The van der Waals surface area contributed by atoms with Crippen molar-refractivity contribution in [2.75, 3.05) is 18.4 Å². The van der Waals surface area contributed by atoms with E-state index >= 15 is 0 Å². The lowest BCUT2D eigenvalue weighted by atomic mass is 10.2. The minimum Gasteiger partial charge on any atom is -0.298 e. The molecule has 0 atom stereocenters. The number of sulfonamides is 1. The van der Waals surface area contributed by atoms with Crippen LogP contribution in [0.25, 0.3) is 10.2 Å². The van der Waals surface area contributed by atoms with Crippen molar-refractivity contribution in [2.45, 2.75) is 41.7 Å². The average molecular weight is 494 g/mol. The van der Waals surface area contributed by atoms with Crippen molar-refractivity contribution in [3.8, 4) is 0 Å². The van der Waals surface area contributed by atoms with Gasteiger partial charge in [-0.2, -0.15) is 4.31 Å². The number of carbonyl (C=O) groups excluding carboxylic acids is 1. The Bertz CT molecular complexity index is 1390. The van der Waals surface area contributed by atoms with Crippen LogP contribution in [-0.4, -0.2) is 50.4 Å². The first-order valence-electron chi connectivity index (χ1n) is 10.2. The number of thiazole rings is 1. The fourth-order valence-corrected chi connectivity index (χ4v) is 7.28. The Morgan fingerprint density at radius 3 is 2.44 bits per heavy atom. The molecular weight excluding hydrogens is 470 g/mol. The summed E-state index contributed by atoms with van der Waals surface area (Å²) in [6.45, 7) is 4.16. The van der Waals surface area contributed by atoms with Crippen LogP contribution < -0.4 is 5.32 Å². The Balaban J connectivity index is 1.63. The monoisotopic (exact) mass is 493 g/mol. The van der Waals surface area contributed by atoms with E-state index in [1.165, 1.54) is 22.5 Å². The van der Waals surface area contributed by atoms with Crippen LogP contribution in [0.3, 0.4) is 0 Å². The van der Waals surface area contributed by atoms with E-state index in [9.17, 15) is 21.6 Å². The molecule has 4 rings (SSSR count). The molecule has 0 radical (unpaired) electrons. The van der Waals surface area contributed by atoms with Gasteiger partial charge in [-0.05, 0) is 57.0 Å².